The molecule has 14 heavy (non-hydrogen) atoms. The lowest BCUT2D eigenvalue weighted by Crippen LogP contribution is -2.55. The fourth-order valence-corrected chi connectivity index (χ4v) is 1.49. The molecule has 0 aromatic rings. The second kappa shape index (κ2) is 3.84. The first-order chi connectivity index (χ1) is 6.71. The molecule has 2 rings (SSSR count). The summed E-state index contributed by atoms with van der Waals surface area (Å²) in [5, 5.41) is 0. The van der Waals surface area contributed by atoms with Crippen LogP contribution in [0.15, 0.2) is 0 Å². The number of carbonyl (C=O) groups is 1. The Morgan fingerprint density at radius 1 is 1.29 bits per heavy atom. The van der Waals surface area contributed by atoms with Crippen LogP contribution < -0.4 is 5.73 Å². The molecular weight excluding hydrogens is 186 g/mol. The Hall–Kier alpha value is -0.650. The van der Waals surface area contributed by atoms with E-state index < -0.39 is 5.54 Å². The number of hydrogen-bond donors (Lipinski definition) is 1. The molecule has 2 N–H and O–H groups in total. The fraction of sp³-hybridized carbons (Fsp3) is 0.889. The zero-order chi connectivity index (χ0) is 10.0. The predicted octanol–water partition coefficient (Wildman–Crippen LogP) is -0.564. The number of nitrogens with two attached hydrogens (primary N) is 1. The Bertz CT molecular complexity index is 221. The van der Waals surface area contributed by atoms with Crippen LogP contribution in [0.4, 0.5) is 0 Å². The van der Waals surface area contributed by atoms with Crippen molar-refractivity contribution in [1.29, 1.82) is 0 Å². The number of rotatable bonds is 2. The van der Waals surface area contributed by atoms with Crippen molar-refractivity contribution in [3.05, 3.63) is 0 Å². The van der Waals surface area contributed by atoms with Gasteiger partial charge in [-0.15, -0.1) is 0 Å². The lowest BCUT2D eigenvalue weighted by molar-refractivity contribution is -0.181. The zero-order valence-electron chi connectivity index (χ0n) is 8.03. The number of ether oxygens (including phenoxy) is 3. The molecule has 0 radical (unpaired) electrons. The van der Waals surface area contributed by atoms with Gasteiger partial charge < -0.3 is 19.9 Å². The summed E-state index contributed by atoms with van der Waals surface area (Å²) in [5.41, 5.74) is 5.09. The summed E-state index contributed by atoms with van der Waals surface area (Å²) in [4.78, 5) is 11.7. The Morgan fingerprint density at radius 2 is 1.93 bits per heavy atom. The van der Waals surface area contributed by atoms with Gasteiger partial charge in [-0.3, -0.25) is 4.79 Å². The first kappa shape index (κ1) is 9.89. The molecule has 0 bridgehead atoms. The van der Waals surface area contributed by atoms with Crippen LogP contribution >= 0.6 is 0 Å². The summed E-state index contributed by atoms with van der Waals surface area (Å²) in [5.74, 6) is -0.311. The van der Waals surface area contributed by atoms with Crippen LogP contribution in [0.2, 0.25) is 0 Å². The van der Waals surface area contributed by atoms with Gasteiger partial charge >= 0.3 is 5.97 Å². The maximum absolute atomic E-state index is 11.7. The number of carbonyl (C=O) groups excluding carboxylic acids is 1. The minimum atomic E-state index is -0.839. The van der Waals surface area contributed by atoms with Gasteiger partial charge in [-0.05, 0) is 12.8 Å². The van der Waals surface area contributed by atoms with Crippen molar-refractivity contribution in [1.82, 2.24) is 0 Å². The third-order valence-corrected chi connectivity index (χ3v) is 2.67. The molecular formula is C9H15NO4. The summed E-state index contributed by atoms with van der Waals surface area (Å²) in [6.07, 6.45) is 0.990. The van der Waals surface area contributed by atoms with Crippen LogP contribution in [0.3, 0.4) is 0 Å². The van der Waals surface area contributed by atoms with Gasteiger partial charge in [0.15, 0.2) is 0 Å². The molecule has 5 heteroatoms. The van der Waals surface area contributed by atoms with Crippen LogP contribution in [0.1, 0.15) is 12.8 Å². The van der Waals surface area contributed by atoms with Crippen LogP contribution in [-0.4, -0.2) is 44.0 Å². The van der Waals surface area contributed by atoms with Crippen molar-refractivity contribution < 1.29 is 19.0 Å². The van der Waals surface area contributed by atoms with Crippen molar-refractivity contribution >= 4 is 5.97 Å². The van der Waals surface area contributed by atoms with E-state index in [9.17, 15) is 4.79 Å². The molecule has 2 saturated heterocycles. The van der Waals surface area contributed by atoms with E-state index in [1.54, 1.807) is 0 Å². The lowest BCUT2D eigenvalue weighted by Gasteiger charge is -2.34. The molecule has 80 valence electrons. The van der Waals surface area contributed by atoms with Gasteiger partial charge in [0, 0.05) is 13.2 Å². The van der Waals surface area contributed by atoms with E-state index in [1.165, 1.54) is 0 Å². The molecule has 2 aliphatic heterocycles. The highest BCUT2D eigenvalue weighted by Crippen LogP contribution is 2.21. The Kier molecular flexibility index (Phi) is 2.71. The van der Waals surface area contributed by atoms with E-state index in [0.717, 1.165) is 0 Å². The van der Waals surface area contributed by atoms with E-state index in [0.29, 0.717) is 39.3 Å². The van der Waals surface area contributed by atoms with E-state index >= 15 is 0 Å². The second-order valence-electron chi connectivity index (χ2n) is 3.83. The summed E-state index contributed by atoms with van der Waals surface area (Å²) in [6, 6.07) is 0. The summed E-state index contributed by atoms with van der Waals surface area (Å²) in [6.45, 7) is 2.07. The average Bonchev–Trinajstić information content (AvgIpc) is 2.12. The van der Waals surface area contributed by atoms with Crippen LogP contribution in [0.5, 0.6) is 0 Å². The van der Waals surface area contributed by atoms with E-state index in [-0.39, 0.29) is 12.1 Å². The zero-order valence-corrected chi connectivity index (χ0v) is 8.03. The van der Waals surface area contributed by atoms with Crippen LogP contribution in [0, 0.1) is 0 Å². The van der Waals surface area contributed by atoms with Gasteiger partial charge in [-0.1, -0.05) is 0 Å². The Labute approximate surface area is 82.5 Å². The standard InChI is InChI=1S/C9H15NO4/c10-9(1-3-12-4-2-9)8(11)14-7-5-13-6-7/h7H,1-6,10H2. The average molecular weight is 201 g/mol. The van der Waals surface area contributed by atoms with Gasteiger partial charge in [0.25, 0.3) is 0 Å². The molecule has 0 aromatic heterocycles. The number of esters is 1. The largest absolute Gasteiger partial charge is 0.456 e. The normalized spacial score (nSPS) is 26.6. The molecule has 5 nitrogen and oxygen atoms in total. The molecule has 0 atom stereocenters. The summed E-state index contributed by atoms with van der Waals surface area (Å²) >= 11 is 0. The highest BCUT2D eigenvalue weighted by atomic mass is 16.6. The minimum absolute atomic E-state index is 0.0919. The molecule has 2 aliphatic rings. The highest BCUT2D eigenvalue weighted by molar-refractivity contribution is 5.80. The maximum Gasteiger partial charge on any atom is 0.326 e. The van der Waals surface area contributed by atoms with Gasteiger partial charge in [0.05, 0.1) is 13.2 Å². The SMILES string of the molecule is NC1(C(=O)OC2COC2)CCOCC1. The van der Waals surface area contributed by atoms with Gasteiger partial charge in [-0.2, -0.15) is 0 Å². The molecule has 0 aliphatic carbocycles. The third kappa shape index (κ3) is 1.89. The second-order valence-corrected chi connectivity index (χ2v) is 3.83. The summed E-state index contributed by atoms with van der Waals surface area (Å²) < 4.78 is 15.2. The molecule has 2 fully saturated rings. The van der Waals surface area contributed by atoms with E-state index in [2.05, 4.69) is 0 Å². The summed E-state index contributed by atoms with van der Waals surface area (Å²) in [7, 11) is 0. The van der Waals surface area contributed by atoms with Crippen LogP contribution in [-0.2, 0) is 19.0 Å². The van der Waals surface area contributed by atoms with E-state index in [4.69, 9.17) is 19.9 Å². The topological polar surface area (TPSA) is 70.8 Å². The number of hydrogen-bond acceptors (Lipinski definition) is 5. The first-order valence-corrected chi connectivity index (χ1v) is 4.86. The monoisotopic (exact) mass is 201 g/mol. The molecule has 0 unspecified atom stereocenters. The lowest BCUT2D eigenvalue weighted by atomic mass is 9.91. The van der Waals surface area contributed by atoms with Gasteiger partial charge in [-0.25, -0.2) is 0 Å². The first-order valence-electron chi connectivity index (χ1n) is 4.86. The Balaban J connectivity index is 1.87. The quantitative estimate of drug-likeness (QED) is 0.606. The smallest absolute Gasteiger partial charge is 0.326 e. The molecule has 0 saturated carbocycles. The van der Waals surface area contributed by atoms with Gasteiger partial charge in [0.1, 0.15) is 11.6 Å². The molecule has 2 heterocycles. The fourth-order valence-electron chi connectivity index (χ4n) is 1.49. The van der Waals surface area contributed by atoms with Gasteiger partial charge in [0.2, 0.25) is 0 Å². The van der Waals surface area contributed by atoms with Crippen molar-refractivity contribution in [3.8, 4) is 0 Å². The third-order valence-electron chi connectivity index (χ3n) is 2.67. The highest BCUT2D eigenvalue weighted by Gasteiger charge is 2.39. The maximum atomic E-state index is 11.7. The molecule has 0 amide bonds. The van der Waals surface area contributed by atoms with Crippen molar-refractivity contribution in [2.24, 2.45) is 5.73 Å². The van der Waals surface area contributed by atoms with Crippen molar-refractivity contribution in [2.45, 2.75) is 24.5 Å². The Morgan fingerprint density at radius 3 is 2.43 bits per heavy atom. The molecule has 0 aromatic carbocycles. The predicted molar refractivity (Wildman–Crippen MR) is 47.7 cm³/mol. The molecule has 0 spiro atoms. The van der Waals surface area contributed by atoms with Crippen molar-refractivity contribution in [2.75, 3.05) is 26.4 Å². The van der Waals surface area contributed by atoms with Crippen LogP contribution in [0.25, 0.3) is 0 Å². The van der Waals surface area contributed by atoms with E-state index in [1.807, 2.05) is 0 Å². The minimum Gasteiger partial charge on any atom is -0.456 e. The van der Waals surface area contributed by atoms with Crippen molar-refractivity contribution in [3.63, 3.8) is 0 Å².